The molecule has 3 aromatic rings. The van der Waals surface area contributed by atoms with Crippen molar-refractivity contribution in [3.63, 3.8) is 0 Å². The first kappa shape index (κ1) is 23.4. The third-order valence-corrected chi connectivity index (χ3v) is 4.18. The number of benzene rings is 1. The Morgan fingerprint density at radius 2 is 1.81 bits per heavy atom. The number of anilines is 1. The first-order valence-electron chi connectivity index (χ1n) is 7.10. The summed E-state index contributed by atoms with van der Waals surface area (Å²) in [5.74, 6) is -0.369. The van der Waals surface area contributed by atoms with E-state index >= 15 is 0 Å². The molecule has 0 fully saturated rings. The number of nitrogens with zero attached hydrogens (tertiary/aromatic N) is 4. The van der Waals surface area contributed by atoms with E-state index in [2.05, 4.69) is 20.0 Å². The summed E-state index contributed by atoms with van der Waals surface area (Å²) in [6.07, 6.45) is -4.51. The molecule has 0 aliphatic rings. The summed E-state index contributed by atoms with van der Waals surface area (Å²) in [4.78, 5) is 12.5. The second-order valence-corrected chi connectivity index (χ2v) is 6.02. The van der Waals surface area contributed by atoms with Gasteiger partial charge in [-0.3, -0.25) is 4.79 Å². The molecule has 3 rings (SSSR count). The Morgan fingerprint density at radius 3 is 2.33 bits per heavy atom. The van der Waals surface area contributed by atoms with Crippen LogP contribution in [0.25, 0.3) is 5.69 Å². The Morgan fingerprint density at radius 1 is 1.19 bits per heavy atom. The molecule has 27 heavy (non-hydrogen) atoms. The molecular weight excluding hydrogens is 456 g/mol. The van der Waals surface area contributed by atoms with Crippen LogP contribution >= 0.6 is 11.5 Å². The van der Waals surface area contributed by atoms with Crippen LogP contribution in [-0.2, 0) is 38.9 Å². The van der Waals surface area contributed by atoms with Crippen molar-refractivity contribution in [2.45, 2.75) is 20.0 Å². The van der Waals surface area contributed by atoms with Crippen molar-refractivity contribution in [1.82, 2.24) is 19.4 Å². The number of rotatable bonds is 3. The fourth-order valence-corrected chi connectivity index (χ4v) is 2.76. The molecule has 0 atom stereocenters. The molecule has 6 nitrogen and oxygen atoms in total. The zero-order valence-corrected chi connectivity index (χ0v) is 18.4. The quantitative estimate of drug-likeness (QED) is 0.585. The minimum absolute atomic E-state index is 0. The van der Waals surface area contributed by atoms with Crippen LogP contribution in [0.1, 0.15) is 26.8 Å². The van der Waals surface area contributed by atoms with Gasteiger partial charge in [0.2, 0.25) is 0 Å². The minimum atomic E-state index is -4.51. The third-order valence-electron chi connectivity index (χ3n) is 3.35. The van der Waals surface area contributed by atoms with Crippen LogP contribution in [0, 0.1) is 21.3 Å². The van der Waals surface area contributed by atoms with Crippen LogP contribution in [0.15, 0.2) is 30.3 Å². The molecule has 0 bridgehead atoms. The number of hydrogen-bond donors (Lipinski definition) is 1. The maximum absolute atomic E-state index is 13.1. The molecule has 0 aliphatic carbocycles. The van der Waals surface area contributed by atoms with Crippen LogP contribution in [0.4, 0.5) is 18.9 Å². The van der Waals surface area contributed by atoms with Gasteiger partial charge in [-0.2, -0.15) is 18.3 Å². The third kappa shape index (κ3) is 5.20. The topological polar surface area (TPSA) is 72.7 Å². The van der Waals surface area contributed by atoms with Gasteiger partial charge in [0.05, 0.1) is 17.1 Å². The summed E-state index contributed by atoms with van der Waals surface area (Å²) in [7, 11) is 0. The van der Waals surface area contributed by atoms with E-state index in [1.54, 1.807) is 6.92 Å². The number of carbonyl (C=O) groups is 1. The minimum Gasteiger partial charge on any atom is -0.358 e. The van der Waals surface area contributed by atoms with Crippen molar-refractivity contribution in [2.24, 2.45) is 0 Å². The maximum Gasteiger partial charge on any atom is 0.433 e. The molecule has 2 aromatic heterocycles. The van der Waals surface area contributed by atoms with E-state index < -0.39 is 11.9 Å². The van der Waals surface area contributed by atoms with E-state index in [1.807, 2.05) is 0 Å². The molecule has 1 amide bonds. The Labute approximate surface area is 183 Å². The smallest absolute Gasteiger partial charge is 0.358 e. The molecule has 11 heteroatoms. The fourth-order valence-electron chi connectivity index (χ4n) is 2.21. The first-order chi connectivity index (χ1) is 11.8. The zero-order valence-electron chi connectivity index (χ0n) is 14.7. The van der Waals surface area contributed by atoms with E-state index in [4.69, 9.17) is 0 Å². The molecule has 141 valence electrons. The van der Waals surface area contributed by atoms with Gasteiger partial charge < -0.3 is 12.7 Å². The number of amides is 1. The van der Waals surface area contributed by atoms with E-state index in [-0.39, 0.29) is 57.4 Å². The first-order valence-corrected chi connectivity index (χ1v) is 7.87. The largest absolute Gasteiger partial charge is 0.433 e. The summed E-state index contributed by atoms with van der Waals surface area (Å²) >= 11 is 0.972. The van der Waals surface area contributed by atoms with Gasteiger partial charge in [-0.1, -0.05) is 4.49 Å². The second kappa shape index (κ2) is 9.03. The Hall–Kier alpha value is -1.65. The monoisotopic (exact) mass is 471 g/mol. The van der Waals surface area contributed by atoms with Gasteiger partial charge in [0.15, 0.2) is 0 Å². The van der Waals surface area contributed by atoms with Crippen LogP contribution in [0.5, 0.6) is 0 Å². The number of aryl methyl sites for hydroxylation is 2. The standard InChI is InChI=1S/C15H12F3N5OS.CH3.Y/c1-8-7-12(15(16,17)18)23(21-8)11-5-3-10(4-6-11)19-14(24)13-9(2)20-22-25-13;;/h3-7H,1-2H3,(H,19,24);1H3;/q;-1;. The second-order valence-electron chi connectivity index (χ2n) is 5.27. The average molecular weight is 471 g/mol. The van der Waals surface area contributed by atoms with Crippen molar-refractivity contribution in [3.05, 3.63) is 59.7 Å². The van der Waals surface area contributed by atoms with Crippen molar-refractivity contribution in [2.75, 3.05) is 5.32 Å². The molecule has 0 aliphatic heterocycles. The van der Waals surface area contributed by atoms with Gasteiger partial charge in [-0.15, -0.1) is 5.10 Å². The van der Waals surface area contributed by atoms with Crippen molar-refractivity contribution < 1.29 is 50.7 Å². The van der Waals surface area contributed by atoms with Gasteiger partial charge in [0.25, 0.3) is 5.91 Å². The number of nitrogens with one attached hydrogen (secondary N) is 1. The predicted molar refractivity (Wildman–Crippen MR) is 92.3 cm³/mol. The van der Waals surface area contributed by atoms with Gasteiger partial charge in [0.1, 0.15) is 10.6 Å². The van der Waals surface area contributed by atoms with E-state index in [0.717, 1.165) is 22.3 Å². The SMILES string of the molecule is Cc1cc(C(F)(F)F)n(-c2ccc(NC(=O)c3snnc3C)cc2)n1.[CH3-].[Y]. The summed E-state index contributed by atoms with van der Waals surface area (Å²) in [5.41, 5.74) is 0.611. The van der Waals surface area contributed by atoms with E-state index in [0.29, 0.717) is 16.3 Å². The summed E-state index contributed by atoms with van der Waals surface area (Å²) in [5, 5.41) is 10.3. The molecule has 0 saturated heterocycles. The molecule has 0 spiro atoms. The number of aromatic nitrogens is 4. The van der Waals surface area contributed by atoms with E-state index in [9.17, 15) is 18.0 Å². The maximum atomic E-state index is 13.1. The number of halogens is 3. The van der Waals surface area contributed by atoms with Crippen LogP contribution in [0.2, 0.25) is 0 Å². The Bertz CT molecular complexity index is 921. The summed E-state index contributed by atoms with van der Waals surface area (Å²) in [6, 6.07) is 6.90. The molecule has 1 N–H and O–H groups in total. The predicted octanol–water partition coefficient (Wildman–Crippen LogP) is 4.06. The Balaban J connectivity index is 0.00000182. The van der Waals surface area contributed by atoms with Crippen LogP contribution in [-0.4, -0.2) is 25.3 Å². The van der Waals surface area contributed by atoms with Gasteiger partial charge in [0, 0.05) is 38.4 Å². The fraction of sp³-hybridized carbons (Fsp3) is 0.188. The molecule has 1 aromatic carbocycles. The van der Waals surface area contributed by atoms with Gasteiger partial charge >= 0.3 is 6.18 Å². The molecular formula is C16H15F3N5OSY-. The van der Waals surface area contributed by atoms with E-state index in [1.165, 1.54) is 31.2 Å². The van der Waals surface area contributed by atoms with Crippen molar-refractivity contribution >= 4 is 23.1 Å². The number of alkyl halides is 3. The number of hydrogen-bond acceptors (Lipinski definition) is 5. The number of carbonyl (C=O) groups excluding carboxylic acids is 1. The van der Waals surface area contributed by atoms with Crippen molar-refractivity contribution in [1.29, 1.82) is 0 Å². The van der Waals surface area contributed by atoms with Gasteiger partial charge in [-0.25, -0.2) is 4.68 Å². The van der Waals surface area contributed by atoms with Crippen molar-refractivity contribution in [3.8, 4) is 5.69 Å². The summed E-state index contributed by atoms with van der Waals surface area (Å²) < 4.78 is 43.7. The normalized spacial score (nSPS) is 10.7. The molecule has 0 unspecified atom stereocenters. The molecule has 2 heterocycles. The molecule has 0 saturated carbocycles. The zero-order chi connectivity index (χ0) is 18.2. The van der Waals surface area contributed by atoms with Gasteiger partial charge in [-0.05, 0) is 55.7 Å². The van der Waals surface area contributed by atoms with Crippen LogP contribution in [0.3, 0.4) is 0 Å². The molecule has 1 radical (unpaired) electrons. The Kier molecular flexibility index (Phi) is 7.82. The summed E-state index contributed by atoms with van der Waals surface area (Å²) in [6.45, 7) is 3.16. The van der Waals surface area contributed by atoms with Crippen LogP contribution < -0.4 is 5.32 Å². The average Bonchev–Trinajstić information content (AvgIpc) is 3.13.